The second-order valence-electron chi connectivity index (χ2n) is 8.07. The van der Waals surface area contributed by atoms with Crippen LogP contribution in [0.15, 0.2) is 23.1 Å². The number of hydrogen-bond donors (Lipinski definition) is 0. The Balaban J connectivity index is 1.72. The highest BCUT2D eigenvalue weighted by atomic mass is 32.2. The van der Waals surface area contributed by atoms with E-state index in [1.54, 1.807) is 42.0 Å². The first kappa shape index (κ1) is 20.8. The van der Waals surface area contributed by atoms with Gasteiger partial charge in [0.15, 0.2) is 9.84 Å². The van der Waals surface area contributed by atoms with Crippen molar-refractivity contribution in [2.45, 2.75) is 75.0 Å². The Morgan fingerprint density at radius 2 is 1.89 bits per heavy atom. The van der Waals surface area contributed by atoms with Crippen LogP contribution in [-0.4, -0.2) is 50.0 Å². The minimum absolute atomic E-state index is 0.00795. The molecule has 0 spiro atoms. The molecule has 0 bridgehead atoms. The van der Waals surface area contributed by atoms with Crippen LogP contribution in [0.4, 0.5) is 5.69 Å². The van der Waals surface area contributed by atoms with Gasteiger partial charge in [-0.05, 0) is 49.9 Å². The lowest BCUT2D eigenvalue weighted by Gasteiger charge is -2.32. The number of amides is 2. The number of benzene rings is 1. The minimum Gasteiger partial charge on any atom is -0.343 e. The quantitative estimate of drug-likeness (QED) is 0.753. The fourth-order valence-corrected chi connectivity index (χ4v) is 5.68. The van der Waals surface area contributed by atoms with E-state index in [1.165, 1.54) is 13.3 Å². The monoisotopic (exact) mass is 406 g/mol. The zero-order valence-corrected chi connectivity index (χ0v) is 17.8. The van der Waals surface area contributed by atoms with E-state index in [2.05, 4.69) is 0 Å². The van der Waals surface area contributed by atoms with Crippen molar-refractivity contribution in [2.75, 3.05) is 18.5 Å². The number of nitrogens with zero attached hydrogens (tertiary/aromatic N) is 2. The van der Waals surface area contributed by atoms with Crippen molar-refractivity contribution >= 4 is 27.3 Å². The molecule has 2 amide bonds. The van der Waals surface area contributed by atoms with E-state index < -0.39 is 15.1 Å². The van der Waals surface area contributed by atoms with E-state index in [-0.39, 0.29) is 29.2 Å². The fraction of sp³-hybridized carbons (Fsp3) is 0.619. The van der Waals surface area contributed by atoms with Gasteiger partial charge in [0.05, 0.1) is 10.1 Å². The van der Waals surface area contributed by atoms with Crippen LogP contribution in [0.1, 0.15) is 57.9 Å². The van der Waals surface area contributed by atoms with Crippen molar-refractivity contribution in [1.82, 2.24) is 4.90 Å². The molecule has 0 unspecified atom stereocenters. The molecule has 1 aliphatic heterocycles. The van der Waals surface area contributed by atoms with Crippen LogP contribution in [0.5, 0.6) is 0 Å². The predicted molar refractivity (Wildman–Crippen MR) is 109 cm³/mol. The van der Waals surface area contributed by atoms with Gasteiger partial charge in [-0.3, -0.25) is 9.59 Å². The summed E-state index contributed by atoms with van der Waals surface area (Å²) in [6.07, 6.45) is 6.11. The van der Waals surface area contributed by atoms with Crippen molar-refractivity contribution in [1.29, 1.82) is 0 Å². The third-order valence-electron chi connectivity index (χ3n) is 6.16. The van der Waals surface area contributed by atoms with E-state index in [9.17, 15) is 18.0 Å². The summed E-state index contributed by atoms with van der Waals surface area (Å²) in [6.45, 7) is 3.70. The number of anilines is 1. The van der Waals surface area contributed by atoms with Gasteiger partial charge in [-0.2, -0.15) is 0 Å². The summed E-state index contributed by atoms with van der Waals surface area (Å²) in [5, 5.41) is -0.783. The molecule has 1 fully saturated rings. The van der Waals surface area contributed by atoms with Crippen LogP contribution in [0, 0.1) is 0 Å². The van der Waals surface area contributed by atoms with Gasteiger partial charge in [-0.15, -0.1) is 0 Å². The normalized spacial score (nSPS) is 18.6. The molecule has 0 radical (unpaired) electrons. The highest BCUT2D eigenvalue weighted by Crippen LogP contribution is 2.32. The van der Waals surface area contributed by atoms with Gasteiger partial charge in [0, 0.05) is 38.7 Å². The summed E-state index contributed by atoms with van der Waals surface area (Å²) >= 11 is 0. The first-order valence-electron chi connectivity index (χ1n) is 10.1. The smallest absolute Gasteiger partial charge is 0.223 e. The van der Waals surface area contributed by atoms with Gasteiger partial charge in [-0.25, -0.2) is 8.42 Å². The van der Waals surface area contributed by atoms with Gasteiger partial charge in [0.25, 0.3) is 0 Å². The maximum atomic E-state index is 13.0. The Bertz CT molecular complexity index is 859. The molecular weight excluding hydrogens is 376 g/mol. The van der Waals surface area contributed by atoms with Crippen LogP contribution in [0.2, 0.25) is 0 Å². The van der Waals surface area contributed by atoms with Crippen LogP contribution in [0.3, 0.4) is 0 Å². The molecule has 1 saturated carbocycles. The Hall–Kier alpha value is -1.89. The molecule has 6 nitrogen and oxygen atoms in total. The topological polar surface area (TPSA) is 74.8 Å². The zero-order chi connectivity index (χ0) is 20.5. The highest BCUT2D eigenvalue weighted by Gasteiger charge is 2.31. The maximum Gasteiger partial charge on any atom is 0.223 e. The van der Waals surface area contributed by atoms with Crippen molar-refractivity contribution in [3.8, 4) is 0 Å². The van der Waals surface area contributed by atoms with Crippen LogP contribution < -0.4 is 4.90 Å². The Labute approximate surface area is 167 Å². The summed E-state index contributed by atoms with van der Waals surface area (Å²) < 4.78 is 26.1. The van der Waals surface area contributed by atoms with E-state index in [4.69, 9.17) is 0 Å². The summed E-state index contributed by atoms with van der Waals surface area (Å²) in [5.74, 6) is -0.147. The molecule has 0 aromatic heterocycles. The van der Waals surface area contributed by atoms with Gasteiger partial charge in [-0.1, -0.05) is 19.3 Å². The van der Waals surface area contributed by atoms with Crippen molar-refractivity contribution in [3.05, 3.63) is 23.8 Å². The summed E-state index contributed by atoms with van der Waals surface area (Å²) in [6, 6.07) is 5.16. The zero-order valence-electron chi connectivity index (χ0n) is 17.0. The predicted octanol–water partition coefficient (Wildman–Crippen LogP) is 2.94. The lowest BCUT2D eigenvalue weighted by atomic mass is 9.94. The van der Waals surface area contributed by atoms with Crippen molar-refractivity contribution < 1.29 is 18.0 Å². The molecule has 7 heteroatoms. The van der Waals surface area contributed by atoms with Gasteiger partial charge in [0.1, 0.15) is 0 Å². The first-order chi connectivity index (χ1) is 13.2. The lowest BCUT2D eigenvalue weighted by Crippen LogP contribution is -2.40. The standard InChI is InChI=1S/C21H30N2O4S/c1-15(13-21(25)22(3)18-7-5-4-6-8-18)28(26,27)19-9-10-20-17(14-19)11-12-23(20)16(2)24/h9-10,14-15,18H,4-8,11-13H2,1-3H3/t15-/m0/s1. The molecule has 0 saturated heterocycles. The van der Waals surface area contributed by atoms with Gasteiger partial charge >= 0.3 is 0 Å². The number of carbonyl (C=O) groups is 2. The lowest BCUT2D eigenvalue weighted by molar-refractivity contribution is -0.132. The van der Waals surface area contributed by atoms with Crippen LogP contribution >= 0.6 is 0 Å². The number of rotatable bonds is 5. The average Bonchev–Trinajstić information content (AvgIpc) is 3.11. The molecule has 1 atom stereocenters. The first-order valence-corrected chi connectivity index (χ1v) is 11.7. The molecule has 154 valence electrons. The number of hydrogen-bond acceptors (Lipinski definition) is 4. The molecule has 1 aromatic rings. The SMILES string of the molecule is CC(=O)N1CCc2cc(S(=O)(=O)[C@@H](C)CC(=O)N(C)C3CCCCC3)ccc21. The summed E-state index contributed by atoms with van der Waals surface area (Å²) in [7, 11) is -1.81. The number of carbonyl (C=O) groups excluding carboxylic acids is 2. The van der Waals surface area contributed by atoms with Gasteiger partial charge in [0.2, 0.25) is 11.8 Å². The number of fused-ring (bicyclic) bond motifs is 1. The van der Waals surface area contributed by atoms with E-state index in [0.717, 1.165) is 36.9 Å². The second kappa shape index (κ2) is 8.23. The minimum atomic E-state index is -3.61. The van der Waals surface area contributed by atoms with E-state index >= 15 is 0 Å². The Kier molecular flexibility index (Phi) is 6.12. The Morgan fingerprint density at radius 3 is 2.54 bits per heavy atom. The summed E-state index contributed by atoms with van der Waals surface area (Å²) in [5.41, 5.74) is 1.65. The molecular formula is C21H30N2O4S. The highest BCUT2D eigenvalue weighted by molar-refractivity contribution is 7.92. The molecule has 0 N–H and O–H groups in total. The number of sulfone groups is 1. The molecule has 28 heavy (non-hydrogen) atoms. The average molecular weight is 407 g/mol. The summed E-state index contributed by atoms with van der Waals surface area (Å²) in [4.78, 5) is 28.0. The molecule has 2 aliphatic rings. The maximum absolute atomic E-state index is 13.0. The van der Waals surface area contributed by atoms with Crippen molar-refractivity contribution in [2.24, 2.45) is 0 Å². The van der Waals surface area contributed by atoms with Crippen molar-refractivity contribution in [3.63, 3.8) is 0 Å². The third kappa shape index (κ3) is 4.09. The largest absolute Gasteiger partial charge is 0.343 e. The molecule has 3 rings (SSSR count). The second-order valence-corrected chi connectivity index (χ2v) is 10.4. The third-order valence-corrected chi connectivity index (χ3v) is 8.30. The van der Waals surface area contributed by atoms with E-state index in [0.29, 0.717) is 13.0 Å². The molecule has 1 aliphatic carbocycles. The van der Waals surface area contributed by atoms with Crippen LogP contribution in [0.25, 0.3) is 0 Å². The van der Waals surface area contributed by atoms with E-state index in [1.807, 2.05) is 0 Å². The fourth-order valence-electron chi connectivity index (χ4n) is 4.29. The molecule has 1 aromatic carbocycles. The van der Waals surface area contributed by atoms with Gasteiger partial charge < -0.3 is 9.80 Å². The molecule has 1 heterocycles. The van der Waals surface area contributed by atoms with Crippen LogP contribution in [-0.2, 0) is 25.8 Å². The Morgan fingerprint density at radius 1 is 1.21 bits per heavy atom.